The lowest BCUT2D eigenvalue weighted by molar-refractivity contribution is -0.141. The van der Waals surface area contributed by atoms with Gasteiger partial charge in [-0.05, 0) is 38.5 Å². The molecule has 0 aliphatic rings. The first-order chi connectivity index (χ1) is 7.43. The molecule has 4 heteroatoms. The number of halogens is 1. The number of nitrogens with one attached hydrogen (secondary N) is 1. The lowest BCUT2D eigenvalue weighted by Gasteiger charge is -2.20. The van der Waals surface area contributed by atoms with Crippen molar-refractivity contribution < 1.29 is 9.90 Å². The fourth-order valence-electron chi connectivity index (χ4n) is 1.35. The molecular weight excluding hydrogens is 226 g/mol. The summed E-state index contributed by atoms with van der Waals surface area (Å²) in [7, 11) is 0. The van der Waals surface area contributed by atoms with Crippen molar-refractivity contribution in [2.45, 2.75) is 26.8 Å². The first kappa shape index (κ1) is 12.8. The van der Waals surface area contributed by atoms with Crippen LogP contribution in [0.5, 0.6) is 0 Å². The van der Waals surface area contributed by atoms with Crippen molar-refractivity contribution in [3.63, 3.8) is 0 Å². The largest absolute Gasteiger partial charge is 0.481 e. The zero-order valence-electron chi connectivity index (χ0n) is 9.62. The predicted octanol–water partition coefficient (Wildman–Crippen LogP) is 3.17. The quantitative estimate of drug-likeness (QED) is 0.851. The van der Waals surface area contributed by atoms with E-state index in [1.54, 1.807) is 6.92 Å². The van der Waals surface area contributed by atoms with Gasteiger partial charge in [0.15, 0.2) is 0 Å². The highest BCUT2D eigenvalue weighted by Gasteiger charge is 2.19. The first-order valence-electron chi connectivity index (χ1n) is 5.18. The summed E-state index contributed by atoms with van der Waals surface area (Å²) in [5, 5.41) is 12.7. The van der Waals surface area contributed by atoms with Crippen molar-refractivity contribution in [3.8, 4) is 0 Å². The Morgan fingerprint density at radius 3 is 2.62 bits per heavy atom. The lowest BCUT2D eigenvalue weighted by atomic mass is 10.0. The zero-order valence-corrected chi connectivity index (χ0v) is 10.4. The normalized spacial score (nSPS) is 14.2. The number of anilines is 1. The van der Waals surface area contributed by atoms with Gasteiger partial charge in [0.2, 0.25) is 0 Å². The van der Waals surface area contributed by atoms with Gasteiger partial charge >= 0.3 is 5.97 Å². The Labute approximate surface area is 100 Å². The number of rotatable bonds is 4. The summed E-state index contributed by atoms with van der Waals surface area (Å²) in [6.45, 7) is 5.43. The minimum absolute atomic E-state index is 0.144. The average molecular weight is 242 g/mol. The second-order valence-electron chi connectivity index (χ2n) is 3.97. The van der Waals surface area contributed by atoms with E-state index in [1.807, 2.05) is 32.0 Å². The molecule has 0 aliphatic heterocycles. The maximum absolute atomic E-state index is 10.8. The Morgan fingerprint density at radius 1 is 1.44 bits per heavy atom. The van der Waals surface area contributed by atoms with Crippen molar-refractivity contribution in [2.24, 2.45) is 5.92 Å². The Morgan fingerprint density at radius 2 is 2.06 bits per heavy atom. The van der Waals surface area contributed by atoms with E-state index < -0.39 is 11.9 Å². The van der Waals surface area contributed by atoms with Crippen molar-refractivity contribution in [1.29, 1.82) is 0 Å². The van der Waals surface area contributed by atoms with Gasteiger partial charge in [0.1, 0.15) is 0 Å². The Balaban J connectivity index is 2.81. The van der Waals surface area contributed by atoms with E-state index in [2.05, 4.69) is 5.32 Å². The SMILES string of the molecule is Cc1c(Cl)cccc1NC(C)C(C)C(=O)O. The highest BCUT2D eigenvalue weighted by atomic mass is 35.5. The second kappa shape index (κ2) is 5.21. The highest BCUT2D eigenvalue weighted by Crippen LogP contribution is 2.24. The molecule has 2 unspecified atom stereocenters. The van der Waals surface area contributed by atoms with Crippen LogP contribution in [0.15, 0.2) is 18.2 Å². The van der Waals surface area contributed by atoms with Gasteiger partial charge in [-0.15, -0.1) is 0 Å². The predicted molar refractivity (Wildman–Crippen MR) is 66.1 cm³/mol. The third-order valence-corrected chi connectivity index (χ3v) is 3.20. The summed E-state index contributed by atoms with van der Waals surface area (Å²) in [4.78, 5) is 10.8. The summed E-state index contributed by atoms with van der Waals surface area (Å²) in [5.41, 5.74) is 1.82. The van der Waals surface area contributed by atoms with Gasteiger partial charge in [-0.3, -0.25) is 4.79 Å². The molecule has 2 atom stereocenters. The van der Waals surface area contributed by atoms with Crippen molar-refractivity contribution in [1.82, 2.24) is 0 Å². The van der Waals surface area contributed by atoms with E-state index in [0.29, 0.717) is 5.02 Å². The van der Waals surface area contributed by atoms with Crippen LogP contribution in [-0.2, 0) is 4.79 Å². The van der Waals surface area contributed by atoms with E-state index in [1.165, 1.54) is 0 Å². The van der Waals surface area contributed by atoms with E-state index >= 15 is 0 Å². The van der Waals surface area contributed by atoms with Crippen LogP contribution in [0, 0.1) is 12.8 Å². The molecule has 0 heterocycles. The van der Waals surface area contributed by atoms with Gasteiger partial charge in [0.05, 0.1) is 5.92 Å². The smallest absolute Gasteiger partial charge is 0.308 e. The molecule has 0 amide bonds. The molecule has 2 N–H and O–H groups in total. The van der Waals surface area contributed by atoms with Gasteiger partial charge < -0.3 is 10.4 Å². The maximum Gasteiger partial charge on any atom is 0.308 e. The topological polar surface area (TPSA) is 49.3 Å². The molecule has 16 heavy (non-hydrogen) atoms. The molecule has 88 valence electrons. The zero-order chi connectivity index (χ0) is 12.3. The minimum atomic E-state index is -0.806. The van der Waals surface area contributed by atoms with Gasteiger partial charge in [0, 0.05) is 16.8 Å². The summed E-state index contributed by atoms with van der Waals surface area (Å²) < 4.78 is 0. The lowest BCUT2D eigenvalue weighted by Crippen LogP contribution is -2.29. The maximum atomic E-state index is 10.8. The average Bonchev–Trinajstić information content (AvgIpc) is 2.23. The molecule has 1 aromatic carbocycles. The Kier molecular flexibility index (Phi) is 4.19. The van der Waals surface area contributed by atoms with Crippen molar-refractivity contribution in [2.75, 3.05) is 5.32 Å². The molecule has 0 bridgehead atoms. The van der Waals surface area contributed by atoms with Gasteiger partial charge in [0.25, 0.3) is 0 Å². The van der Waals surface area contributed by atoms with Crippen LogP contribution < -0.4 is 5.32 Å². The molecule has 1 rings (SSSR count). The Bertz CT molecular complexity index is 393. The molecule has 0 aromatic heterocycles. The highest BCUT2D eigenvalue weighted by molar-refractivity contribution is 6.31. The van der Waals surface area contributed by atoms with Crippen LogP contribution in [0.2, 0.25) is 5.02 Å². The van der Waals surface area contributed by atoms with Crippen LogP contribution in [0.25, 0.3) is 0 Å². The van der Waals surface area contributed by atoms with E-state index in [9.17, 15) is 4.79 Å². The minimum Gasteiger partial charge on any atom is -0.481 e. The second-order valence-corrected chi connectivity index (χ2v) is 4.38. The molecule has 0 saturated carbocycles. The van der Waals surface area contributed by atoms with Crippen LogP contribution >= 0.6 is 11.6 Å². The molecule has 0 fully saturated rings. The van der Waals surface area contributed by atoms with Crippen LogP contribution in [0.1, 0.15) is 19.4 Å². The van der Waals surface area contributed by atoms with Crippen LogP contribution in [-0.4, -0.2) is 17.1 Å². The summed E-state index contributed by atoms with van der Waals surface area (Å²) >= 11 is 5.98. The van der Waals surface area contributed by atoms with E-state index in [0.717, 1.165) is 11.3 Å². The molecule has 0 radical (unpaired) electrons. The van der Waals surface area contributed by atoms with E-state index in [-0.39, 0.29) is 6.04 Å². The fraction of sp³-hybridized carbons (Fsp3) is 0.417. The number of hydrogen-bond donors (Lipinski definition) is 2. The number of aliphatic carboxylic acids is 1. The summed E-state index contributed by atoms with van der Waals surface area (Å²) in [5.74, 6) is -1.25. The number of hydrogen-bond acceptors (Lipinski definition) is 2. The summed E-state index contributed by atoms with van der Waals surface area (Å²) in [6.07, 6.45) is 0. The monoisotopic (exact) mass is 241 g/mol. The Hall–Kier alpha value is -1.22. The number of carbonyl (C=O) groups is 1. The van der Waals surface area contributed by atoms with E-state index in [4.69, 9.17) is 16.7 Å². The molecule has 0 spiro atoms. The third kappa shape index (κ3) is 2.89. The molecule has 1 aromatic rings. The van der Waals surface area contributed by atoms with Crippen molar-refractivity contribution in [3.05, 3.63) is 28.8 Å². The summed E-state index contributed by atoms with van der Waals surface area (Å²) in [6, 6.07) is 5.41. The number of benzene rings is 1. The van der Waals surface area contributed by atoms with Crippen LogP contribution in [0.4, 0.5) is 5.69 Å². The van der Waals surface area contributed by atoms with Gasteiger partial charge in [-0.1, -0.05) is 17.7 Å². The van der Waals surface area contributed by atoms with Crippen LogP contribution in [0.3, 0.4) is 0 Å². The van der Waals surface area contributed by atoms with Gasteiger partial charge in [-0.2, -0.15) is 0 Å². The number of carboxylic acids is 1. The molecule has 3 nitrogen and oxygen atoms in total. The van der Waals surface area contributed by atoms with Gasteiger partial charge in [-0.25, -0.2) is 0 Å². The third-order valence-electron chi connectivity index (χ3n) is 2.79. The van der Waals surface area contributed by atoms with Crippen molar-refractivity contribution >= 4 is 23.3 Å². The number of carboxylic acid groups (broad SMARTS) is 1. The molecule has 0 saturated heterocycles. The fourth-order valence-corrected chi connectivity index (χ4v) is 1.52. The molecule has 0 aliphatic carbocycles. The molecular formula is C12H16ClNO2. The first-order valence-corrected chi connectivity index (χ1v) is 5.55. The standard InChI is InChI=1S/C12H16ClNO2/c1-7(12(15)16)9(3)14-11-6-4-5-10(13)8(11)2/h4-7,9,14H,1-3H3,(H,15,16).